The molecule has 1 aromatic rings. The van der Waals surface area contributed by atoms with Crippen molar-refractivity contribution in [3.63, 3.8) is 0 Å². The molecule has 0 bridgehead atoms. The van der Waals surface area contributed by atoms with E-state index in [0.29, 0.717) is 5.56 Å². The summed E-state index contributed by atoms with van der Waals surface area (Å²) in [6, 6.07) is 5.44. The fraction of sp³-hybridized carbons (Fsp3) is 0.556. The molecule has 2 aliphatic heterocycles. The van der Waals surface area contributed by atoms with Gasteiger partial charge >= 0.3 is 0 Å². The minimum Gasteiger partial charge on any atom is -0.339 e. The van der Waals surface area contributed by atoms with E-state index in [1.807, 2.05) is 30.0 Å². The van der Waals surface area contributed by atoms with Crippen LogP contribution in [-0.4, -0.2) is 42.4 Å². The van der Waals surface area contributed by atoms with Crippen LogP contribution < -0.4 is 10.6 Å². The number of hydrogen-bond donors (Lipinski definition) is 2. The molecule has 0 spiro atoms. The summed E-state index contributed by atoms with van der Waals surface area (Å²) in [7, 11) is 0. The van der Waals surface area contributed by atoms with Gasteiger partial charge in [-0.15, -0.1) is 0 Å². The SMILES string of the molecule is Cc1cc(C(=O)N2CCCC2)ccc1NC(=O)[C@H]1CCCCN1. The van der Waals surface area contributed by atoms with Crippen LogP contribution in [-0.2, 0) is 4.79 Å². The number of amides is 2. The second-order valence-corrected chi connectivity index (χ2v) is 6.52. The summed E-state index contributed by atoms with van der Waals surface area (Å²) in [5.74, 6) is 0.115. The van der Waals surface area contributed by atoms with E-state index in [4.69, 9.17) is 0 Å². The van der Waals surface area contributed by atoms with Crippen LogP contribution in [0.15, 0.2) is 18.2 Å². The fourth-order valence-corrected chi connectivity index (χ4v) is 3.34. The number of rotatable bonds is 3. The van der Waals surface area contributed by atoms with Crippen LogP contribution in [0.4, 0.5) is 5.69 Å². The summed E-state index contributed by atoms with van der Waals surface area (Å²) in [6.07, 6.45) is 5.29. The number of carbonyl (C=O) groups excluding carboxylic acids is 2. The zero-order valence-corrected chi connectivity index (χ0v) is 13.7. The highest BCUT2D eigenvalue weighted by Crippen LogP contribution is 2.20. The lowest BCUT2D eigenvalue weighted by molar-refractivity contribution is -0.118. The molecule has 2 fully saturated rings. The first-order valence-corrected chi connectivity index (χ1v) is 8.59. The van der Waals surface area contributed by atoms with Crippen LogP contribution in [0.2, 0.25) is 0 Å². The van der Waals surface area contributed by atoms with E-state index in [9.17, 15) is 9.59 Å². The number of nitrogens with one attached hydrogen (secondary N) is 2. The van der Waals surface area contributed by atoms with Gasteiger partial charge in [0.15, 0.2) is 0 Å². The maximum atomic E-state index is 12.4. The molecule has 2 heterocycles. The minimum absolute atomic E-state index is 0.0198. The van der Waals surface area contributed by atoms with Gasteiger partial charge in [-0.25, -0.2) is 0 Å². The average Bonchev–Trinajstić information content (AvgIpc) is 3.11. The zero-order chi connectivity index (χ0) is 16.2. The highest BCUT2D eigenvalue weighted by atomic mass is 16.2. The zero-order valence-electron chi connectivity index (χ0n) is 13.7. The van der Waals surface area contributed by atoms with Gasteiger partial charge in [-0.05, 0) is 62.9 Å². The lowest BCUT2D eigenvalue weighted by Crippen LogP contribution is -2.43. The molecule has 23 heavy (non-hydrogen) atoms. The highest BCUT2D eigenvalue weighted by molar-refractivity contribution is 5.98. The lowest BCUT2D eigenvalue weighted by Gasteiger charge is -2.23. The molecule has 124 valence electrons. The summed E-state index contributed by atoms with van der Waals surface area (Å²) >= 11 is 0. The maximum absolute atomic E-state index is 12.4. The Bertz CT molecular complexity index is 588. The number of carbonyl (C=O) groups is 2. The number of aryl methyl sites for hydroxylation is 1. The molecule has 2 saturated heterocycles. The van der Waals surface area contributed by atoms with Crippen molar-refractivity contribution < 1.29 is 9.59 Å². The number of nitrogens with zero attached hydrogens (tertiary/aromatic N) is 1. The first-order valence-electron chi connectivity index (χ1n) is 8.59. The molecule has 2 amide bonds. The second kappa shape index (κ2) is 7.13. The largest absolute Gasteiger partial charge is 0.339 e. The van der Waals surface area contributed by atoms with Gasteiger partial charge in [-0.3, -0.25) is 9.59 Å². The van der Waals surface area contributed by atoms with Crippen molar-refractivity contribution in [2.24, 2.45) is 0 Å². The van der Waals surface area contributed by atoms with Gasteiger partial charge in [-0.2, -0.15) is 0 Å². The molecular weight excluding hydrogens is 290 g/mol. The van der Waals surface area contributed by atoms with Gasteiger partial charge in [0.05, 0.1) is 6.04 Å². The molecule has 0 saturated carbocycles. The quantitative estimate of drug-likeness (QED) is 0.900. The van der Waals surface area contributed by atoms with Gasteiger partial charge in [-0.1, -0.05) is 6.42 Å². The molecule has 0 radical (unpaired) electrons. The average molecular weight is 315 g/mol. The molecule has 2 aliphatic rings. The molecule has 1 atom stereocenters. The first-order chi connectivity index (χ1) is 11.1. The number of anilines is 1. The van der Waals surface area contributed by atoms with Crippen molar-refractivity contribution in [1.82, 2.24) is 10.2 Å². The van der Waals surface area contributed by atoms with E-state index in [2.05, 4.69) is 10.6 Å². The molecule has 0 aromatic heterocycles. The van der Waals surface area contributed by atoms with Crippen molar-refractivity contribution >= 4 is 17.5 Å². The minimum atomic E-state index is -0.103. The van der Waals surface area contributed by atoms with Gasteiger partial charge in [0.1, 0.15) is 0 Å². The molecule has 1 aromatic carbocycles. The van der Waals surface area contributed by atoms with Crippen molar-refractivity contribution in [2.75, 3.05) is 25.0 Å². The standard InChI is InChI=1S/C18H25N3O2/c1-13-12-14(18(23)21-10-4-5-11-21)7-8-15(13)20-17(22)16-6-2-3-9-19-16/h7-8,12,16,19H,2-6,9-11H2,1H3,(H,20,22)/t16-/m1/s1. The third-order valence-corrected chi connectivity index (χ3v) is 4.75. The van der Waals surface area contributed by atoms with Crippen LogP contribution in [0.1, 0.15) is 48.0 Å². The predicted molar refractivity (Wildman–Crippen MR) is 90.6 cm³/mol. The molecule has 0 unspecified atom stereocenters. The second-order valence-electron chi connectivity index (χ2n) is 6.52. The Balaban J connectivity index is 1.66. The molecule has 5 heteroatoms. The van der Waals surface area contributed by atoms with Crippen LogP contribution in [0.25, 0.3) is 0 Å². The summed E-state index contributed by atoms with van der Waals surface area (Å²) in [5.41, 5.74) is 2.43. The number of benzene rings is 1. The summed E-state index contributed by atoms with van der Waals surface area (Å²) < 4.78 is 0. The predicted octanol–water partition coefficient (Wildman–Crippen LogP) is 2.31. The summed E-state index contributed by atoms with van der Waals surface area (Å²) in [4.78, 5) is 26.6. The Hall–Kier alpha value is -1.88. The molecular formula is C18H25N3O2. The first kappa shape index (κ1) is 16.0. The van der Waals surface area contributed by atoms with E-state index in [-0.39, 0.29) is 17.9 Å². The Morgan fingerprint density at radius 1 is 1.17 bits per heavy atom. The molecule has 5 nitrogen and oxygen atoms in total. The van der Waals surface area contributed by atoms with E-state index in [1.165, 1.54) is 0 Å². The third-order valence-electron chi connectivity index (χ3n) is 4.75. The van der Waals surface area contributed by atoms with E-state index in [0.717, 1.165) is 63.0 Å². The van der Waals surface area contributed by atoms with Crippen molar-refractivity contribution in [3.8, 4) is 0 Å². The molecule has 2 N–H and O–H groups in total. The maximum Gasteiger partial charge on any atom is 0.253 e. The summed E-state index contributed by atoms with van der Waals surface area (Å²) in [6.45, 7) is 4.54. The monoisotopic (exact) mass is 315 g/mol. The van der Waals surface area contributed by atoms with Gasteiger partial charge in [0, 0.05) is 24.3 Å². The van der Waals surface area contributed by atoms with Crippen molar-refractivity contribution in [1.29, 1.82) is 0 Å². The van der Waals surface area contributed by atoms with Crippen LogP contribution in [0.5, 0.6) is 0 Å². The number of likely N-dealkylation sites (tertiary alicyclic amines) is 1. The van der Waals surface area contributed by atoms with Crippen LogP contribution >= 0.6 is 0 Å². The van der Waals surface area contributed by atoms with Crippen LogP contribution in [0.3, 0.4) is 0 Å². The normalized spacial score (nSPS) is 21.3. The topological polar surface area (TPSA) is 61.4 Å². The van der Waals surface area contributed by atoms with Crippen LogP contribution in [0, 0.1) is 6.92 Å². The van der Waals surface area contributed by atoms with E-state index >= 15 is 0 Å². The van der Waals surface area contributed by atoms with Gasteiger partial charge in [0.25, 0.3) is 5.91 Å². The van der Waals surface area contributed by atoms with E-state index in [1.54, 1.807) is 0 Å². The number of piperidine rings is 1. The smallest absolute Gasteiger partial charge is 0.253 e. The highest BCUT2D eigenvalue weighted by Gasteiger charge is 2.22. The molecule has 3 rings (SSSR count). The Morgan fingerprint density at radius 2 is 1.96 bits per heavy atom. The number of hydrogen-bond acceptors (Lipinski definition) is 3. The lowest BCUT2D eigenvalue weighted by atomic mass is 10.0. The van der Waals surface area contributed by atoms with E-state index < -0.39 is 0 Å². The van der Waals surface area contributed by atoms with Gasteiger partial charge < -0.3 is 15.5 Å². The fourth-order valence-electron chi connectivity index (χ4n) is 3.34. The Morgan fingerprint density at radius 3 is 2.61 bits per heavy atom. The van der Waals surface area contributed by atoms with Crippen molar-refractivity contribution in [3.05, 3.63) is 29.3 Å². The van der Waals surface area contributed by atoms with Gasteiger partial charge in [0.2, 0.25) is 5.91 Å². The van der Waals surface area contributed by atoms with Crippen molar-refractivity contribution in [2.45, 2.75) is 45.1 Å². The molecule has 0 aliphatic carbocycles. The summed E-state index contributed by atoms with van der Waals surface area (Å²) in [5, 5.41) is 6.24. The Kier molecular flexibility index (Phi) is 4.96. The Labute approximate surface area is 137 Å². The third kappa shape index (κ3) is 3.72.